The van der Waals surface area contributed by atoms with E-state index in [4.69, 9.17) is 5.73 Å². The summed E-state index contributed by atoms with van der Waals surface area (Å²) in [6, 6.07) is 5.61. The molecule has 0 aliphatic carbocycles. The predicted molar refractivity (Wildman–Crippen MR) is 58.5 cm³/mol. The second-order valence-electron chi connectivity index (χ2n) is 3.03. The second-order valence-corrected chi connectivity index (χ2v) is 4.15. The lowest BCUT2D eigenvalue weighted by molar-refractivity contribution is 1.08. The first-order chi connectivity index (χ1) is 7.34. The standard InChI is InChI=1S/C9H7N5S/c10-7-2-1-6(15-7)9-13-12-8-3-4-11-5-14(8)9/h1-5H,10H2. The molecule has 0 aliphatic rings. The minimum atomic E-state index is 0.769. The van der Waals surface area contributed by atoms with Gasteiger partial charge in [0.25, 0.3) is 0 Å². The van der Waals surface area contributed by atoms with Crippen LogP contribution in [0.2, 0.25) is 0 Å². The maximum absolute atomic E-state index is 5.67. The molecule has 0 bridgehead atoms. The van der Waals surface area contributed by atoms with Crippen LogP contribution in [0.25, 0.3) is 16.3 Å². The Bertz CT molecular complexity index is 612. The van der Waals surface area contributed by atoms with Crippen LogP contribution in [0.1, 0.15) is 0 Å². The van der Waals surface area contributed by atoms with Crippen molar-refractivity contribution in [2.45, 2.75) is 0 Å². The lowest BCUT2D eigenvalue weighted by atomic mass is 10.4. The van der Waals surface area contributed by atoms with Gasteiger partial charge in [0.1, 0.15) is 6.33 Å². The first-order valence-corrected chi connectivity index (χ1v) is 5.17. The molecular weight excluding hydrogens is 210 g/mol. The molecule has 2 N–H and O–H groups in total. The average Bonchev–Trinajstić information content (AvgIpc) is 2.83. The SMILES string of the molecule is Nc1ccc(-c2nnc3ccncn23)s1. The molecule has 6 heteroatoms. The molecule has 15 heavy (non-hydrogen) atoms. The molecule has 5 nitrogen and oxygen atoms in total. The molecule has 0 atom stereocenters. The van der Waals surface area contributed by atoms with Gasteiger partial charge in [-0.3, -0.25) is 4.40 Å². The molecule has 0 aromatic carbocycles. The van der Waals surface area contributed by atoms with Gasteiger partial charge in [0.2, 0.25) is 0 Å². The van der Waals surface area contributed by atoms with E-state index in [1.807, 2.05) is 22.6 Å². The third-order valence-electron chi connectivity index (χ3n) is 2.06. The van der Waals surface area contributed by atoms with Crippen molar-refractivity contribution in [1.29, 1.82) is 0 Å². The summed E-state index contributed by atoms with van der Waals surface area (Å²) in [4.78, 5) is 5.03. The fourth-order valence-corrected chi connectivity index (χ4v) is 2.14. The summed E-state index contributed by atoms with van der Waals surface area (Å²) < 4.78 is 1.84. The largest absolute Gasteiger partial charge is 0.391 e. The van der Waals surface area contributed by atoms with E-state index in [9.17, 15) is 0 Å². The number of hydrogen-bond donors (Lipinski definition) is 1. The smallest absolute Gasteiger partial charge is 0.179 e. The predicted octanol–water partition coefficient (Wildman–Crippen LogP) is 1.43. The van der Waals surface area contributed by atoms with Crippen LogP contribution in [-0.2, 0) is 0 Å². The molecule has 3 aromatic rings. The Morgan fingerprint density at radius 2 is 2.13 bits per heavy atom. The summed E-state index contributed by atoms with van der Waals surface area (Å²) in [6.45, 7) is 0. The zero-order valence-corrected chi connectivity index (χ0v) is 8.48. The fourth-order valence-electron chi connectivity index (χ4n) is 1.39. The maximum Gasteiger partial charge on any atom is 0.179 e. The molecule has 0 spiro atoms. The summed E-state index contributed by atoms with van der Waals surface area (Å²) in [5.41, 5.74) is 6.46. The topological polar surface area (TPSA) is 69.1 Å². The highest BCUT2D eigenvalue weighted by Gasteiger charge is 2.09. The highest BCUT2D eigenvalue weighted by Crippen LogP contribution is 2.27. The third kappa shape index (κ3) is 1.26. The van der Waals surface area contributed by atoms with E-state index in [1.165, 1.54) is 11.3 Å². The Kier molecular flexibility index (Phi) is 1.69. The minimum absolute atomic E-state index is 0.769. The van der Waals surface area contributed by atoms with Gasteiger partial charge in [-0.15, -0.1) is 21.5 Å². The van der Waals surface area contributed by atoms with Crippen molar-refractivity contribution in [2.24, 2.45) is 0 Å². The Morgan fingerprint density at radius 3 is 2.93 bits per heavy atom. The molecule has 74 valence electrons. The number of nitrogens with two attached hydrogens (primary N) is 1. The first kappa shape index (κ1) is 8.37. The summed E-state index contributed by atoms with van der Waals surface area (Å²) in [5.74, 6) is 0.778. The second kappa shape index (κ2) is 3.03. The van der Waals surface area contributed by atoms with Gasteiger partial charge in [0.15, 0.2) is 11.5 Å². The number of nitrogen functional groups attached to an aromatic ring is 1. The molecule has 3 aromatic heterocycles. The molecule has 3 heterocycles. The van der Waals surface area contributed by atoms with Crippen LogP contribution >= 0.6 is 11.3 Å². The Hall–Kier alpha value is -1.95. The van der Waals surface area contributed by atoms with E-state index < -0.39 is 0 Å². The lowest BCUT2D eigenvalue weighted by Gasteiger charge is -1.93. The zero-order chi connectivity index (χ0) is 10.3. The minimum Gasteiger partial charge on any atom is -0.391 e. The lowest BCUT2D eigenvalue weighted by Crippen LogP contribution is -1.87. The molecule has 0 unspecified atom stereocenters. The van der Waals surface area contributed by atoms with Gasteiger partial charge in [-0.1, -0.05) is 0 Å². The van der Waals surface area contributed by atoms with Crippen LogP contribution in [0.4, 0.5) is 5.00 Å². The van der Waals surface area contributed by atoms with Gasteiger partial charge in [-0.25, -0.2) is 4.98 Å². The Morgan fingerprint density at radius 1 is 1.20 bits per heavy atom. The number of thiophene rings is 1. The van der Waals surface area contributed by atoms with E-state index in [1.54, 1.807) is 12.5 Å². The maximum atomic E-state index is 5.67. The van der Waals surface area contributed by atoms with Crippen LogP contribution in [-0.4, -0.2) is 19.6 Å². The molecule has 0 aliphatic heterocycles. The molecular formula is C9H7N5S. The quantitative estimate of drug-likeness (QED) is 0.669. The van der Waals surface area contributed by atoms with Crippen molar-refractivity contribution < 1.29 is 0 Å². The summed E-state index contributed by atoms with van der Waals surface area (Å²) in [7, 11) is 0. The Balaban J connectivity index is 2.27. The number of hydrogen-bond acceptors (Lipinski definition) is 5. The van der Waals surface area contributed by atoms with E-state index in [0.717, 1.165) is 21.3 Å². The van der Waals surface area contributed by atoms with E-state index >= 15 is 0 Å². The number of rotatable bonds is 1. The summed E-state index contributed by atoms with van der Waals surface area (Å²) >= 11 is 1.49. The normalized spacial score (nSPS) is 10.9. The van der Waals surface area contributed by atoms with Crippen LogP contribution < -0.4 is 5.73 Å². The van der Waals surface area contributed by atoms with E-state index in [0.29, 0.717) is 0 Å². The first-order valence-electron chi connectivity index (χ1n) is 4.35. The summed E-state index contributed by atoms with van der Waals surface area (Å²) in [6.07, 6.45) is 3.39. The van der Waals surface area contributed by atoms with Gasteiger partial charge in [-0.2, -0.15) is 0 Å². The van der Waals surface area contributed by atoms with E-state index in [2.05, 4.69) is 15.2 Å². The number of aromatic nitrogens is 4. The summed E-state index contributed by atoms with van der Waals surface area (Å²) in [5, 5.41) is 8.92. The van der Waals surface area contributed by atoms with Crippen LogP contribution in [0, 0.1) is 0 Å². The molecule has 3 rings (SSSR count). The van der Waals surface area contributed by atoms with Crippen molar-refractivity contribution >= 4 is 22.0 Å². The fraction of sp³-hybridized carbons (Fsp3) is 0. The number of fused-ring (bicyclic) bond motifs is 1. The molecule has 0 radical (unpaired) electrons. The van der Waals surface area contributed by atoms with Crippen molar-refractivity contribution in [3.05, 3.63) is 30.7 Å². The highest BCUT2D eigenvalue weighted by molar-refractivity contribution is 7.19. The van der Waals surface area contributed by atoms with Gasteiger partial charge >= 0.3 is 0 Å². The van der Waals surface area contributed by atoms with Gasteiger partial charge < -0.3 is 5.73 Å². The number of anilines is 1. The average molecular weight is 217 g/mol. The van der Waals surface area contributed by atoms with Crippen molar-refractivity contribution in [3.63, 3.8) is 0 Å². The molecule has 0 amide bonds. The molecule has 0 saturated heterocycles. The van der Waals surface area contributed by atoms with Gasteiger partial charge in [0, 0.05) is 12.3 Å². The van der Waals surface area contributed by atoms with Gasteiger partial charge in [0.05, 0.1) is 9.88 Å². The number of nitrogens with zero attached hydrogens (tertiary/aromatic N) is 4. The van der Waals surface area contributed by atoms with Crippen molar-refractivity contribution in [3.8, 4) is 10.7 Å². The highest BCUT2D eigenvalue weighted by atomic mass is 32.1. The molecule has 0 fully saturated rings. The zero-order valence-electron chi connectivity index (χ0n) is 7.66. The van der Waals surface area contributed by atoms with E-state index in [-0.39, 0.29) is 0 Å². The third-order valence-corrected chi connectivity index (χ3v) is 2.97. The van der Waals surface area contributed by atoms with Crippen LogP contribution in [0.15, 0.2) is 30.7 Å². The molecule has 0 saturated carbocycles. The van der Waals surface area contributed by atoms with Crippen LogP contribution in [0.3, 0.4) is 0 Å². The van der Waals surface area contributed by atoms with Crippen molar-refractivity contribution in [2.75, 3.05) is 5.73 Å². The van der Waals surface area contributed by atoms with Crippen LogP contribution in [0.5, 0.6) is 0 Å². The van der Waals surface area contributed by atoms with Crippen molar-refractivity contribution in [1.82, 2.24) is 19.6 Å². The monoisotopic (exact) mass is 217 g/mol. The Labute approximate surface area is 89.2 Å². The van der Waals surface area contributed by atoms with Gasteiger partial charge in [-0.05, 0) is 12.1 Å².